The molecule has 2 rings (SSSR count). The average molecular weight is 429 g/mol. The number of thioether (sulfide) groups is 1. The van der Waals surface area contributed by atoms with Gasteiger partial charge >= 0.3 is 12.0 Å². The van der Waals surface area contributed by atoms with Crippen LogP contribution in [0.3, 0.4) is 0 Å². The molecule has 1 aromatic heterocycles. The van der Waals surface area contributed by atoms with Crippen molar-refractivity contribution in [2.75, 3.05) is 12.0 Å². The Morgan fingerprint density at radius 3 is 2.66 bits per heavy atom. The number of hydrogen-bond donors (Lipinski definition) is 5. The normalized spacial score (nSPS) is 23.7. The number of carbonyl (C=O) groups is 3. The fraction of sp³-hybridized carbons (Fsp3) is 0.706. The van der Waals surface area contributed by atoms with Gasteiger partial charge in [0.05, 0.1) is 12.0 Å². The van der Waals surface area contributed by atoms with E-state index in [-0.39, 0.29) is 18.2 Å². The molecule has 1 aliphatic rings. The number of nitrogens with zero attached hydrogens (tertiary/aromatic N) is 2. The van der Waals surface area contributed by atoms with Crippen molar-refractivity contribution in [3.63, 3.8) is 0 Å². The molecule has 0 spiro atoms. The highest BCUT2D eigenvalue weighted by atomic mass is 32.2. The van der Waals surface area contributed by atoms with Gasteiger partial charge in [-0.1, -0.05) is 25.4 Å². The summed E-state index contributed by atoms with van der Waals surface area (Å²) in [6, 6.07) is -1.79. The fourth-order valence-corrected chi connectivity index (χ4v) is 3.43. The van der Waals surface area contributed by atoms with Crippen molar-refractivity contribution in [3.05, 3.63) is 11.7 Å². The number of nitrogens with one attached hydrogen (secondary N) is 2. The SMILES string of the molecule is CCC(C)[C@H](N)c1noc([C@H](CCSC)NC(=O)NC2(C(=O)O)C[C@H]2C(N)=O)n1. The van der Waals surface area contributed by atoms with E-state index >= 15 is 0 Å². The van der Waals surface area contributed by atoms with Crippen LogP contribution in [-0.4, -0.2) is 50.7 Å². The summed E-state index contributed by atoms with van der Waals surface area (Å²) in [6.45, 7) is 3.99. The Kier molecular flexibility index (Phi) is 7.47. The van der Waals surface area contributed by atoms with E-state index in [1.165, 1.54) is 0 Å². The molecule has 12 heteroatoms. The molecule has 0 aliphatic heterocycles. The maximum Gasteiger partial charge on any atom is 0.330 e. The molecule has 1 fully saturated rings. The van der Waals surface area contributed by atoms with E-state index in [9.17, 15) is 19.5 Å². The van der Waals surface area contributed by atoms with E-state index in [1.807, 2.05) is 20.1 Å². The lowest BCUT2D eigenvalue weighted by molar-refractivity contribution is -0.142. The van der Waals surface area contributed by atoms with Gasteiger partial charge in [0.2, 0.25) is 11.8 Å². The van der Waals surface area contributed by atoms with Crippen LogP contribution in [0.1, 0.15) is 56.9 Å². The number of carboxylic acids is 1. The van der Waals surface area contributed by atoms with Gasteiger partial charge in [-0.2, -0.15) is 16.7 Å². The van der Waals surface area contributed by atoms with Crippen LogP contribution in [0.15, 0.2) is 4.52 Å². The standard InChI is InChI=1S/C17H28N6O5S/c1-4-8(2)11(18)13-21-14(28-23-13)10(5-6-29-3)20-16(27)22-17(15(25)26)7-9(17)12(19)24/h8-11H,4-7,18H2,1-3H3,(H2,19,24)(H,25,26)(H2,20,22,27)/t8?,9-,10-,11-,17?/m0/s1. The number of rotatable bonds is 11. The highest BCUT2D eigenvalue weighted by Crippen LogP contribution is 2.43. The summed E-state index contributed by atoms with van der Waals surface area (Å²) in [5.74, 6) is -1.65. The molecule has 1 saturated carbocycles. The Morgan fingerprint density at radius 1 is 1.45 bits per heavy atom. The highest BCUT2D eigenvalue weighted by molar-refractivity contribution is 7.98. The average Bonchev–Trinajstić information content (AvgIpc) is 3.21. The van der Waals surface area contributed by atoms with Crippen molar-refractivity contribution in [2.24, 2.45) is 23.3 Å². The minimum absolute atomic E-state index is 0.0466. The van der Waals surface area contributed by atoms with Crippen LogP contribution < -0.4 is 22.1 Å². The lowest BCUT2D eigenvalue weighted by atomic mass is 10.00. The largest absolute Gasteiger partial charge is 0.479 e. The second kappa shape index (κ2) is 9.44. The molecule has 29 heavy (non-hydrogen) atoms. The number of carboxylic acid groups (broad SMARTS) is 1. The van der Waals surface area contributed by atoms with Crippen LogP contribution in [0.4, 0.5) is 4.79 Å². The monoisotopic (exact) mass is 428 g/mol. The van der Waals surface area contributed by atoms with Crippen LogP contribution >= 0.6 is 11.8 Å². The summed E-state index contributed by atoms with van der Waals surface area (Å²) in [5, 5.41) is 18.3. The quantitative estimate of drug-likeness (QED) is 0.335. The maximum absolute atomic E-state index is 12.5. The number of aliphatic carboxylic acids is 1. The Balaban J connectivity index is 2.11. The molecule has 0 radical (unpaired) electrons. The molecule has 2 unspecified atom stereocenters. The molecule has 162 valence electrons. The molecule has 0 saturated heterocycles. The van der Waals surface area contributed by atoms with Crippen molar-refractivity contribution in [1.82, 2.24) is 20.8 Å². The first kappa shape index (κ1) is 22.9. The van der Waals surface area contributed by atoms with E-state index in [1.54, 1.807) is 11.8 Å². The van der Waals surface area contributed by atoms with Crippen molar-refractivity contribution in [1.29, 1.82) is 0 Å². The predicted molar refractivity (Wildman–Crippen MR) is 106 cm³/mol. The van der Waals surface area contributed by atoms with Gasteiger partial charge in [0.15, 0.2) is 11.4 Å². The first-order valence-corrected chi connectivity index (χ1v) is 10.7. The molecule has 0 aromatic carbocycles. The number of aromatic nitrogens is 2. The Bertz CT molecular complexity index is 758. The Labute approximate surface area is 172 Å². The fourth-order valence-electron chi connectivity index (χ4n) is 2.96. The molecule has 5 atom stereocenters. The van der Waals surface area contributed by atoms with E-state index in [0.717, 1.165) is 6.42 Å². The lowest BCUT2D eigenvalue weighted by Gasteiger charge is -2.19. The summed E-state index contributed by atoms with van der Waals surface area (Å²) in [4.78, 5) is 39.6. The summed E-state index contributed by atoms with van der Waals surface area (Å²) in [5.41, 5.74) is 9.64. The molecular formula is C17H28N6O5S. The van der Waals surface area contributed by atoms with Crippen molar-refractivity contribution in [3.8, 4) is 0 Å². The first-order chi connectivity index (χ1) is 13.7. The summed E-state index contributed by atoms with van der Waals surface area (Å²) in [7, 11) is 0. The van der Waals surface area contributed by atoms with E-state index in [0.29, 0.717) is 18.0 Å². The highest BCUT2D eigenvalue weighted by Gasteiger charge is 2.65. The molecule has 1 aromatic rings. The van der Waals surface area contributed by atoms with Gasteiger partial charge in [-0.25, -0.2) is 9.59 Å². The number of nitrogens with two attached hydrogens (primary N) is 2. The Morgan fingerprint density at radius 2 is 2.14 bits per heavy atom. The molecule has 3 amide bonds. The van der Waals surface area contributed by atoms with Gasteiger partial charge in [-0.05, 0) is 30.8 Å². The molecule has 1 heterocycles. The number of amides is 3. The molecule has 1 aliphatic carbocycles. The topological polar surface area (TPSA) is 186 Å². The van der Waals surface area contributed by atoms with Crippen molar-refractivity contribution < 1.29 is 24.0 Å². The summed E-state index contributed by atoms with van der Waals surface area (Å²) >= 11 is 1.57. The van der Waals surface area contributed by atoms with Crippen LogP contribution in [-0.2, 0) is 9.59 Å². The second-order valence-electron chi connectivity index (χ2n) is 7.27. The third-order valence-electron chi connectivity index (χ3n) is 5.25. The van der Waals surface area contributed by atoms with Gasteiger partial charge in [0, 0.05) is 0 Å². The zero-order chi connectivity index (χ0) is 21.8. The molecular weight excluding hydrogens is 400 g/mol. The van der Waals surface area contributed by atoms with E-state index in [4.69, 9.17) is 16.0 Å². The van der Waals surface area contributed by atoms with Crippen LogP contribution in [0.5, 0.6) is 0 Å². The number of hydrogen-bond acceptors (Lipinski definition) is 8. The van der Waals surface area contributed by atoms with Gasteiger partial charge in [-0.15, -0.1) is 0 Å². The summed E-state index contributed by atoms with van der Waals surface area (Å²) < 4.78 is 5.31. The third kappa shape index (κ3) is 5.18. The first-order valence-electron chi connectivity index (χ1n) is 9.35. The minimum Gasteiger partial charge on any atom is -0.479 e. The lowest BCUT2D eigenvalue weighted by Crippen LogP contribution is -2.51. The molecule has 11 nitrogen and oxygen atoms in total. The van der Waals surface area contributed by atoms with Crippen LogP contribution in [0, 0.1) is 11.8 Å². The molecule has 0 bridgehead atoms. The van der Waals surface area contributed by atoms with Crippen LogP contribution in [0.2, 0.25) is 0 Å². The van der Waals surface area contributed by atoms with Gasteiger partial charge < -0.3 is 31.7 Å². The van der Waals surface area contributed by atoms with Crippen molar-refractivity contribution >= 4 is 29.7 Å². The van der Waals surface area contributed by atoms with E-state index < -0.39 is 41.4 Å². The number of urea groups is 1. The zero-order valence-corrected chi connectivity index (χ0v) is 17.5. The van der Waals surface area contributed by atoms with Crippen LogP contribution in [0.25, 0.3) is 0 Å². The Hall–Kier alpha value is -2.34. The van der Waals surface area contributed by atoms with Crippen molar-refractivity contribution in [2.45, 2.75) is 50.7 Å². The summed E-state index contributed by atoms with van der Waals surface area (Å²) in [6.07, 6.45) is 3.19. The van der Waals surface area contributed by atoms with Gasteiger partial charge in [0.1, 0.15) is 6.04 Å². The smallest absolute Gasteiger partial charge is 0.330 e. The molecule has 7 N–H and O–H groups in total. The zero-order valence-electron chi connectivity index (χ0n) is 16.7. The second-order valence-corrected chi connectivity index (χ2v) is 8.26. The number of primary amides is 1. The number of carbonyl (C=O) groups excluding carboxylic acids is 2. The predicted octanol–water partition coefficient (Wildman–Crippen LogP) is 0.538. The third-order valence-corrected chi connectivity index (χ3v) is 5.89. The van der Waals surface area contributed by atoms with Gasteiger partial charge in [0.25, 0.3) is 0 Å². The minimum atomic E-state index is -1.68. The maximum atomic E-state index is 12.5. The van der Waals surface area contributed by atoms with Gasteiger partial charge in [-0.3, -0.25) is 4.79 Å². The van der Waals surface area contributed by atoms with E-state index in [2.05, 4.69) is 20.8 Å².